The number of unbranched alkanes of at least 4 members (excludes halogenated alkanes) is 1. The standard InChI is InChI=1S/C15H24N2O2/c1-4-5-6-17(7-8-18)15(19)13-10-14(16)12(3)9-11(13)2/h9-10,18H,4-8,16H2,1-3H3. The molecule has 0 unspecified atom stereocenters. The van der Waals surface area contributed by atoms with Crippen molar-refractivity contribution in [1.29, 1.82) is 0 Å². The van der Waals surface area contributed by atoms with E-state index in [1.54, 1.807) is 11.0 Å². The fourth-order valence-electron chi connectivity index (χ4n) is 2.05. The van der Waals surface area contributed by atoms with Crippen LogP contribution in [0.4, 0.5) is 5.69 Å². The minimum Gasteiger partial charge on any atom is -0.398 e. The number of aryl methyl sites for hydroxylation is 2. The molecule has 0 atom stereocenters. The minimum atomic E-state index is -0.0494. The van der Waals surface area contributed by atoms with Crippen LogP contribution < -0.4 is 5.73 Å². The Labute approximate surface area is 115 Å². The number of aliphatic hydroxyl groups is 1. The van der Waals surface area contributed by atoms with Crippen LogP contribution in [0.25, 0.3) is 0 Å². The maximum atomic E-state index is 12.5. The molecule has 1 amide bonds. The molecular formula is C15H24N2O2. The summed E-state index contributed by atoms with van der Waals surface area (Å²) in [7, 11) is 0. The molecule has 0 saturated heterocycles. The van der Waals surface area contributed by atoms with Crippen molar-refractivity contribution in [2.75, 3.05) is 25.4 Å². The van der Waals surface area contributed by atoms with E-state index in [0.717, 1.165) is 24.0 Å². The van der Waals surface area contributed by atoms with Crippen LogP contribution in [0.15, 0.2) is 12.1 Å². The van der Waals surface area contributed by atoms with Crippen LogP contribution in [-0.4, -0.2) is 35.6 Å². The van der Waals surface area contributed by atoms with Crippen LogP contribution in [0.3, 0.4) is 0 Å². The summed E-state index contributed by atoms with van der Waals surface area (Å²) in [5.74, 6) is -0.0494. The third-order valence-electron chi connectivity index (χ3n) is 3.28. The Morgan fingerprint density at radius 2 is 1.95 bits per heavy atom. The fraction of sp³-hybridized carbons (Fsp3) is 0.533. The van der Waals surface area contributed by atoms with Crippen molar-refractivity contribution in [3.63, 3.8) is 0 Å². The van der Waals surface area contributed by atoms with Gasteiger partial charge in [-0.3, -0.25) is 4.79 Å². The van der Waals surface area contributed by atoms with Crippen molar-refractivity contribution in [2.45, 2.75) is 33.6 Å². The summed E-state index contributed by atoms with van der Waals surface area (Å²) in [6.07, 6.45) is 1.95. The van der Waals surface area contributed by atoms with Gasteiger partial charge in [0.2, 0.25) is 0 Å². The Morgan fingerprint density at radius 3 is 2.53 bits per heavy atom. The number of nitrogen functional groups attached to an aromatic ring is 1. The minimum absolute atomic E-state index is 0.0180. The van der Waals surface area contributed by atoms with Gasteiger partial charge >= 0.3 is 0 Å². The Hall–Kier alpha value is -1.55. The third kappa shape index (κ3) is 3.96. The SMILES string of the molecule is CCCCN(CCO)C(=O)c1cc(N)c(C)cc1C. The second-order valence-electron chi connectivity index (χ2n) is 4.89. The molecule has 0 aromatic heterocycles. The summed E-state index contributed by atoms with van der Waals surface area (Å²) in [4.78, 5) is 14.2. The monoisotopic (exact) mass is 264 g/mol. The molecule has 0 spiro atoms. The topological polar surface area (TPSA) is 66.6 Å². The van der Waals surface area contributed by atoms with Gasteiger partial charge in [-0.15, -0.1) is 0 Å². The predicted molar refractivity (Wildman–Crippen MR) is 78.2 cm³/mol. The number of anilines is 1. The third-order valence-corrected chi connectivity index (χ3v) is 3.28. The summed E-state index contributed by atoms with van der Waals surface area (Å²) in [6, 6.07) is 3.67. The largest absolute Gasteiger partial charge is 0.398 e. The van der Waals surface area contributed by atoms with Gasteiger partial charge in [-0.05, 0) is 37.5 Å². The average Bonchev–Trinajstić information content (AvgIpc) is 2.38. The lowest BCUT2D eigenvalue weighted by atomic mass is 10.0. The molecule has 4 heteroatoms. The molecule has 0 saturated carbocycles. The lowest BCUT2D eigenvalue weighted by molar-refractivity contribution is 0.0718. The maximum Gasteiger partial charge on any atom is 0.254 e. The van der Waals surface area contributed by atoms with Gasteiger partial charge in [0, 0.05) is 24.3 Å². The van der Waals surface area contributed by atoms with Gasteiger partial charge in [-0.25, -0.2) is 0 Å². The molecule has 0 aliphatic carbocycles. The highest BCUT2D eigenvalue weighted by atomic mass is 16.3. The second kappa shape index (κ2) is 7.14. The first-order valence-electron chi connectivity index (χ1n) is 6.78. The molecule has 106 valence electrons. The molecular weight excluding hydrogens is 240 g/mol. The van der Waals surface area contributed by atoms with E-state index in [1.165, 1.54) is 0 Å². The molecule has 4 nitrogen and oxygen atoms in total. The van der Waals surface area contributed by atoms with Crippen LogP contribution in [-0.2, 0) is 0 Å². The van der Waals surface area contributed by atoms with E-state index in [4.69, 9.17) is 10.8 Å². The van der Waals surface area contributed by atoms with Gasteiger partial charge in [0.05, 0.1) is 6.61 Å². The number of nitrogens with zero attached hydrogens (tertiary/aromatic N) is 1. The quantitative estimate of drug-likeness (QED) is 0.773. The van der Waals surface area contributed by atoms with E-state index in [-0.39, 0.29) is 12.5 Å². The Morgan fingerprint density at radius 1 is 1.26 bits per heavy atom. The Bertz CT molecular complexity index is 444. The summed E-state index contributed by atoms with van der Waals surface area (Å²) < 4.78 is 0. The van der Waals surface area contributed by atoms with Gasteiger partial charge in [-0.2, -0.15) is 0 Å². The molecule has 19 heavy (non-hydrogen) atoms. The van der Waals surface area contributed by atoms with E-state index in [0.29, 0.717) is 24.3 Å². The smallest absolute Gasteiger partial charge is 0.254 e. The van der Waals surface area contributed by atoms with E-state index in [9.17, 15) is 4.79 Å². The zero-order valence-electron chi connectivity index (χ0n) is 12.1. The Kier molecular flexibility index (Phi) is 5.83. The van der Waals surface area contributed by atoms with Crippen LogP contribution in [0.5, 0.6) is 0 Å². The number of hydrogen-bond acceptors (Lipinski definition) is 3. The maximum absolute atomic E-state index is 12.5. The number of carbonyl (C=O) groups is 1. The lowest BCUT2D eigenvalue weighted by Crippen LogP contribution is -2.35. The second-order valence-corrected chi connectivity index (χ2v) is 4.89. The normalized spacial score (nSPS) is 10.5. The number of nitrogens with two attached hydrogens (primary N) is 1. The van der Waals surface area contributed by atoms with Crippen LogP contribution in [0.2, 0.25) is 0 Å². The van der Waals surface area contributed by atoms with Crippen molar-refractivity contribution < 1.29 is 9.90 Å². The highest BCUT2D eigenvalue weighted by molar-refractivity contribution is 5.96. The van der Waals surface area contributed by atoms with Crippen molar-refractivity contribution in [3.8, 4) is 0 Å². The fourth-order valence-corrected chi connectivity index (χ4v) is 2.05. The molecule has 1 aromatic rings. The number of benzene rings is 1. The van der Waals surface area contributed by atoms with Gasteiger partial charge in [0.25, 0.3) is 5.91 Å². The zero-order valence-corrected chi connectivity index (χ0v) is 12.1. The van der Waals surface area contributed by atoms with Crippen molar-refractivity contribution in [1.82, 2.24) is 4.90 Å². The van der Waals surface area contributed by atoms with Gasteiger partial charge in [0.1, 0.15) is 0 Å². The van der Waals surface area contributed by atoms with E-state index < -0.39 is 0 Å². The molecule has 1 rings (SSSR count). The van der Waals surface area contributed by atoms with Gasteiger partial charge in [-0.1, -0.05) is 19.4 Å². The summed E-state index contributed by atoms with van der Waals surface area (Å²) in [6.45, 7) is 6.94. The molecule has 0 aliphatic rings. The first kappa shape index (κ1) is 15.5. The molecule has 1 aromatic carbocycles. The van der Waals surface area contributed by atoms with Crippen LogP contribution >= 0.6 is 0 Å². The van der Waals surface area contributed by atoms with Gasteiger partial charge < -0.3 is 15.7 Å². The summed E-state index contributed by atoms with van der Waals surface area (Å²) in [5.41, 5.74) is 9.06. The molecule has 0 heterocycles. The van der Waals surface area contributed by atoms with Crippen molar-refractivity contribution in [3.05, 3.63) is 28.8 Å². The van der Waals surface area contributed by atoms with Gasteiger partial charge in [0.15, 0.2) is 0 Å². The number of amides is 1. The van der Waals surface area contributed by atoms with Crippen LogP contribution in [0.1, 0.15) is 41.3 Å². The highest BCUT2D eigenvalue weighted by Gasteiger charge is 2.17. The first-order chi connectivity index (χ1) is 9.01. The molecule has 0 aliphatic heterocycles. The molecule has 0 bridgehead atoms. The number of carbonyl (C=O) groups excluding carboxylic acids is 1. The highest BCUT2D eigenvalue weighted by Crippen LogP contribution is 2.19. The number of aliphatic hydroxyl groups excluding tert-OH is 1. The average molecular weight is 264 g/mol. The van der Waals surface area contributed by atoms with Crippen molar-refractivity contribution >= 4 is 11.6 Å². The van der Waals surface area contributed by atoms with E-state index in [2.05, 4.69) is 6.92 Å². The van der Waals surface area contributed by atoms with Crippen molar-refractivity contribution in [2.24, 2.45) is 0 Å². The van der Waals surface area contributed by atoms with E-state index in [1.807, 2.05) is 19.9 Å². The number of rotatable bonds is 6. The van der Waals surface area contributed by atoms with E-state index >= 15 is 0 Å². The molecule has 0 fully saturated rings. The van der Waals surface area contributed by atoms with Crippen LogP contribution in [0, 0.1) is 13.8 Å². The molecule has 0 radical (unpaired) electrons. The summed E-state index contributed by atoms with van der Waals surface area (Å²) >= 11 is 0. The summed E-state index contributed by atoms with van der Waals surface area (Å²) in [5, 5.41) is 9.08. The lowest BCUT2D eigenvalue weighted by Gasteiger charge is -2.23. The first-order valence-corrected chi connectivity index (χ1v) is 6.78. The zero-order chi connectivity index (χ0) is 14.4. The molecule has 3 N–H and O–H groups in total. The predicted octanol–water partition coefficient (Wildman–Crippen LogP) is 2.12. The number of hydrogen-bond donors (Lipinski definition) is 2. The Balaban J connectivity index is 2.98.